The topological polar surface area (TPSA) is 55.0 Å². The SMILES string of the molecule is CCC(C)CN(CC)c1cnc(CN)cn1. The normalized spacial score (nSPS) is 12.5. The van der Waals surface area contributed by atoms with E-state index in [1.165, 1.54) is 6.42 Å². The van der Waals surface area contributed by atoms with Crippen molar-refractivity contribution in [2.75, 3.05) is 18.0 Å². The Balaban J connectivity index is 2.70. The molecule has 0 saturated carbocycles. The molecule has 0 aliphatic rings. The molecule has 0 spiro atoms. The minimum atomic E-state index is 0.449. The van der Waals surface area contributed by atoms with E-state index in [2.05, 4.69) is 35.6 Å². The van der Waals surface area contributed by atoms with Gasteiger partial charge in [-0.3, -0.25) is 4.98 Å². The summed E-state index contributed by atoms with van der Waals surface area (Å²) in [5, 5.41) is 0. The van der Waals surface area contributed by atoms with Gasteiger partial charge in [-0.1, -0.05) is 20.3 Å². The first-order valence-electron chi connectivity index (χ1n) is 5.97. The van der Waals surface area contributed by atoms with E-state index < -0.39 is 0 Å². The smallest absolute Gasteiger partial charge is 0.147 e. The number of hydrogen-bond donors (Lipinski definition) is 1. The maximum absolute atomic E-state index is 5.49. The fourth-order valence-electron chi connectivity index (χ4n) is 1.51. The molecule has 0 saturated heterocycles. The molecular weight excluding hydrogens is 200 g/mol. The van der Waals surface area contributed by atoms with Gasteiger partial charge in [-0.2, -0.15) is 0 Å². The quantitative estimate of drug-likeness (QED) is 0.797. The van der Waals surface area contributed by atoms with E-state index in [1.54, 1.807) is 6.20 Å². The predicted molar refractivity (Wildman–Crippen MR) is 67.3 cm³/mol. The Labute approximate surface area is 97.9 Å². The molecule has 1 unspecified atom stereocenters. The first kappa shape index (κ1) is 12.9. The van der Waals surface area contributed by atoms with Crippen LogP contribution in [-0.4, -0.2) is 23.1 Å². The molecule has 0 radical (unpaired) electrons. The summed E-state index contributed by atoms with van der Waals surface area (Å²) in [5.74, 6) is 1.62. The minimum absolute atomic E-state index is 0.449. The summed E-state index contributed by atoms with van der Waals surface area (Å²) >= 11 is 0. The summed E-state index contributed by atoms with van der Waals surface area (Å²) in [6, 6.07) is 0. The van der Waals surface area contributed by atoms with Gasteiger partial charge in [0.25, 0.3) is 0 Å². The number of nitrogens with zero attached hydrogens (tertiary/aromatic N) is 3. The van der Waals surface area contributed by atoms with Crippen LogP contribution in [-0.2, 0) is 6.54 Å². The fourth-order valence-corrected chi connectivity index (χ4v) is 1.51. The second-order valence-corrected chi connectivity index (χ2v) is 4.12. The number of aromatic nitrogens is 2. The Morgan fingerprint density at radius 1 is 1.31 bits per heavy atom. The highest BCUT2D eigenvalue weighted by atomic mass is 15.2. The van der Waals surface area contributed by atoms with Crippen LogP contribution < -0.4 is 10.6 Å². The van der Waals surface area contributed by atoms with Crippen molar-refractivity contribution in [3.05, 3.63) is 18.1 Å². The highest BCUT2D eigenvalue weighted by Gasteiger charge is 2.09. The third-order valence-electron chi connectivity index (χ3n) is 2.84. The molecule has 4 heteroatoms. The Kier molecular flexibility index (Phi) is 5.19. The highest BCUT2D eigenvalue weighted by molar-refractivity contribution is 5.35. The molecule has 0 aliphatic carbocycles. The van der Waals surface area contributed by atoms with Gasteiger partial charge < -0.3 is 10.6 Å². The van der Waals surface area contributed by atoms with Crippen molar-refractivity contribution in [2.24, 2.45) is 11.7 Å². The molecule has 0 bridgehead atoms. The summed E-state index contributed by atoms with van der Waals surface area (Å²) in [5.41, 5.74) is 6.33. The maximum Gasteiger partial charge on any atom is 0.147 e. The predicted octanol–water partition coefficient (Wildman–Crippen LogP) is 1.81. The number of hydrogen-bond acceptors (Lipinski definition) is 4. The summed E-state index contributed by atoms with van der Waals surface area (Å²) in [7, 11) is 0. The first-order chi connectivity index (χ1) is 7.71. The highest BCUT2D eigenvalue weighted by Crippen LogP contribution is 2.12. The van der Waals surface area contributed by atoms with Crippen molar-refractivity contribution < 1.29 is 0 Å². The number of anilines is 1. The Hall–Kier alpha value is -1.16. The summed E-state index contributed by atoms with van der Waals surface area (Å²) < 4.78 is 0. The number of rotatable bonds is 6. The molecule has 1 atom stereocenters. The van der Waals surface area contributed by atoms with E-state index in [0.717, 1.165) is 24.6 Å². The molecule has 90 valence electrons. The van der Waals surface area contributed by atoms with Crippen LogP contribution in [0.3, 0.4) is 0 Å². The molecule has 0 aromatic carbocycles. The Bertz CT molecular complexity index is 296. The zero-order chi connectivity index (χ0) is 12.0. The van der Waals surface area contributed by atoms with Gasteiger partial charge in [-0.05, 0) is 12.8 Å². The van der Waals surface area contributed by atoms with Gasteiger partial charge in [-0.25, -0.2) is 4.98 Å². The molecule has 4 nitrogen and oxygen atoms in total. The van der Waals surface area contributed by atoms with E-state index in [9.17, 15) is 0 Å². The Morgan fingerprint density at radius 3 is 2.50 bits per heavy atom. The molecule has 16 heavy (non-hydrogen) atoms. The van der Waals surface area contributed by atoms with Crippen LogP contribution >= 0.6 is 0 Å². The fraction of sp³-hybridized carbons (Fsp3) is 0.667. The molecule has 1 aromatic rings. The van der Waals surface area contributed by atoms with Gasteiger partial charge in [0.15, 0.2) is 0 Å². The van der Waals surface area contributed by atoms with Crippen LogP contribution in [0.15, 0.2) is 12.4 Å². The van der Waals surface area contributed by atoms with Gasteiger partial charge in [0.2, 0.25) is 0 Å². The molecule has 1 rings (SSSR count). The summed E-state index contributed by atoms with van der Waals surface area (Å²) in [6.07, 6.45) is 4.76. The largest absolute Gasteiger partial charge is 0.355 e. The van der Waals surface area contributed by atoms with Crippen LogP contribution in [0.2, 0.25) is 0 Å². The lowest BCUT2D eigenvalue weighted by Crippen LogP contribution is -2.29. The van der Waals surface area contributed by atoms with Crippen molar-refractivity contribution in [2.45, 2.75) is 33.7 Å². The van der Waals surface area contributed by atoms with Gasteiger partial charge in [0.05, 0.1) is 18.1 Å². The van der Waals surface area contributed by atoms with Crippen molar-refractivity contribution in [1.82, 2.24) is 9.97 Å². The molecule has 0 aliphatic heterocycles. The van der Waals surface area contributed by atoms with Crippen LogP contribution in [0, 0.1) is 5.92 Å². The van der Waals surface area contributed by atoms with E-state index in [4.69, 9.17) is 5.73 Å². The van der Waals surface area contributed by atoms with Crippen LogP contribution in [0.25, 0.3) is 0 Å². The Morgan fingerprint density at radius 2 is 2.06 bits per heavy atom. The van der Waals surface area contributed by atoms with E-state index in [-0.39, 0.29) is 0 Å². The van der Waals surface area contributed by atoms with Gasteiger partial charge in [0.1, 0.15) is 5.82 Å². The van der Waals surface area contributed by atoms with Gasteiger partial charge in [0, 0.05) is 19.6 Å². The third kappa shape index (κ3) is 3.45. The monoisotopic (exact) mass is 222 g/mol. The third-order valence-corrected chi connectivity index (χ3v) is 2.84. The number of nitrogens with two attached hydrogens (primary N) is 1. The van der Waals surface area contributed by atoms with E-state index in [0.29, 0.717) is 12.5 Å². The maximum atomic E-state index is 5.49. The minimum Gasteiger partial charge on any atom is -0.355 e. The summed E-state index contributed by atoms with van der Waals surface area (Å²) in [4.78, 5) is 10.9. The van der Waals surface area contributed by atoms with E-state index in [1.807, 2.05) is 6.20 Å². The van der Waals surface area contributed by atoms with Gasteiger partial charge >= 0.3 is 0 Å². The standard InChI is InChI=1S/C12H22N4/c1-4-10(3)9-16(5-2)12-8-14-11(6-13)7-15-12/h7-8,10H,4-6,9,13H2,1-3H3. The van der Waals surface area contributed by atoms with E-state index >= 15 is 0 Å². The average Bonchev–Trinajstić information content (AvgIpc) is 2.35. The lowest BCUT2D eigenvalue weighted by atomic mass is 10.1. The summed E-state index contributed by atoms with van der Waals surface area (Å²) in [6.45, 7) is 9.04. The van der Waals surface area contributed by atoms with Crippen molar-refractivity contribution >= 4 is 5.82 Å². The van der Waals surface area contributed by atoms with Crippen molar-refractivity contribution in [1.29, 1.82) is 0 Å². The lowest BCUT2D eigenvalue weighted by molar-refractivity contribution is 0.545. The first-order valence-corrected chi connectivity index (χ1v) is 5.97. The molecule has 2 N–H and O–H groups in total. The van der Waals surface area contributed by atoms with Crippen LogP contribution in [0.1, 0.15) is 32.9 Å². The molecule has 0 fully saturated rings. The second-order valence-electron chi connectivity index (χ2n) is 4.12. The van der Waals surface area contributed by atoms with Crippen molar-refractivity contribution in [3.8, 4) is 0 Å². The second kappa shape index (κ2) is 6.43. The average molecular weight is 222 g/mol. The molecule has 1 heterocycles. The molecule has 0 amide bonds. The van der Waals surface area contributed by atoms with Crippen LogP contribution in [0.4, 0.5) is 5.82 Å². The van der Waals surface area contributed by atoms with Crippen LogP contribution in [0.5, 0.6) is 0 Å². The lowest BCUT2D eigenvalue weighted by Gasteiger charge is -2.24. The molecule has 1 aromatic heterocycles. The van der Waals surface area contributed by atoms with Crippen molar-refractivity contribution in [3.63, 3.8) is 0 Å². The zero-order valence-electron chi connectivity index (χ0n) is 10.5. The zero-order valence-corrected chi connectivity index (χ0v) is 10.5. The van der Waals surface area contributed by atoms with Gasteiger partial charge in [-0.15, -0.1) is 0 Å². The molecular formula is C12H22N4.